The maximum Gasteiger partial charge on any atom is 0.173 e. The first-order valence-corrected chi connectivity index (χ1v) is 9.32. The minimum Gasteiger partial charge on any atom is -0.298 e. The Balaban J connectivity index is 1.89. The number of hydrogen-bond acceptors (Lipinski definition) is 2. The van der Waals surface area contributed by atoms with Crippen molar-refractivity contribution in [1.82, 2.24) is 0 Å². The van der Waals surface area contributed by atoms with Crippen molar-refractivity contribution in [2.45, 2.75) is 71.6 Å². The van der Waals surface area contributed by atoms with Crippen molar-refractivity contribution in [1.29, 1.82) is 0 Å². The van der Waals surface area contributed by atoms with E-state index in [2.05, 4.69) is 25.1 Å². The number of carbonyl (C=O) groups is 2. The Bertz CT molecular complexity index is 665. The molecule has 1 atom stereocenters. The fraction of sp³-hybridized carbons (Fsp3) is 0.545. The van der Waals surface area contributed by atoms with E-state index < -0.39 is 5.92 Å². The second-order valence-corrected chi connectivity index (χ2v) is 7.70. The molecule has 2 heteroatoms. The van der Waals surface area contributed by atoms with Crippen LogP contribution in [0.1, 0.15) is 73.1 Å². The third-order valence-corrected chi connectivity index (χ3v) is 5.63. The van der Waals surface area contributed by atoms with Crippen LogP contribution in [0.2, 0.25) is 0 Å². The average molecular weight is 324 g/mol. The maximum atomic E-state index is 13.0. The zero-order valence-corrected chi connectivity index (χ0v) is 15.2. The molecule has 0 aliphatic heterocycles. The van der Waals surface area contributed by atoms with E-state index in [1.54, 1.807) is 0 Å². The first kappa shape index (κ1) is 17.1. The predicted octanol–water partition coefficient (Wildman–Crippen LogP) is 5.13. The minimum absolute atomic E-state index is 0.0549. The second-order valence-electron chi connectivity index (χ2n) is 7.70. The van der Waals surface area contributed by atoms with Crippen LogP contribution >= 0.6 is 0 Å². The van der Waals surface area contributed by atoms with Gasteiger partial charge in [-0.3, -0.25) is 9.59 Å². The van der Waals surface area contributed by atoms with Crippen LogP contribution in [0.4, 0.5) is 0 Å². The molecule has 128 valence electrons. The molecular formula is C22H28O2. The number of carbonyl (C=O) groups excluding carboxylic acids is 2. The van der Waals surface area contributed by atoms with E-state index in [0.29, 0.717) is 12.3 Å². The Hall–Kier alpha value is -1.70. The summed E-state index contributed by atoms with van der Waals surface area (Å²) in [6.07, 6.45) is 9.90. The van der Waals surface area contributed by atoms with Gasteiger partial charge in [0.2, 0.25) is 0 Å². The van der Waals surface area contributed by atoms with Gasteiger partial charge in [-0.15, -0.1) is 0 Å². The number of Topliss-reactive ketones (excluding diaryl/α,β-unsaturated/α-hetero) is 2. The molecule has 1 aromatic rings. The molecule has 24 heavy (non-hydrogen) atoms. The zero-order chi connectivity index (χ0) is 17.3. The lowest BCUT2D eigenvalue weighted by Gasteiger charge is -2.15. The summed E-state index contributed by atoms with van der Waals surface area (Å²) in [7, 11) is 0. The fourth-order valence-electron chi connectivity index (χ4n) is 4.55. The lowest BCUT2D eigenvalue weighted by molar-refractivity contribution is -0.123. The summed E-state index contributed by atoms with van der Waals surface area (Å²) in [5.74, 6) is 0.0510. The Labute approximate surface area is 145 Å². The Morgan fingerprint density at radius 1 is 0.917 bits per heavy atom. The summed E-state index contributed by atoms with van der Waals surface area (Å²) in [6, 6.07) is 4.16. The lowest BCUT2D eigenvalue weighted by atomic mass is 9.87. The molecule has 0 N–H and O–H groups in total. The molecule has 0 spiro atoms. The topological polar surface area (TPSA) is 34.1 Å². The molecular weight excluding hydrogens is 296 g/mol. The van der Waals surface area contributed by atoms with Gasteiger partial charge < -0.3 is 0 Å². The number of aryl methyl sites for hydroxylation is 3. The van der Waals surface area contributed by atoms with Crippen LogP contribution in [0, 0.1) is 26.7 Å². The summed E-state index contributed by atoms with van der Waals surface area (Å²) in [4.78, 5) is 25.6. The molecule has 2 aliphatic carbocycles. The number of allylic oxidation sites excluding steroid dienone is 2. The van der Waals surface area contributed by atoms with E-state index in [-0.39, 0.29) is 11.6 Å². The van der Waals surface area contributed by atoms with Gasteiger partial charge in [0.15, 0.2) is 11.6 Å². The molecule has 0 bridgehead atoms. The van der Waals surface area contributed by atoms with Crippen molar-refractivity contribution < 1.29 is 9.59 Å². The highest BCUT2D eigenvalue weighted by Gasteiger charge is 2.39. The summed E-state index contributed by atoms with van der Waals surface area (Å²) in [6.45, 7) is 6.09. The molecule has 2 fully saturated rings. The van der Waals surface area contributed by atoms with E-state index in [1.165, 1.54) is 31.2 Å². The number of benzene rings is 1. The molecule has 0 aromatic heterocycles. The number of ketones is 2. The molecule has 2 nitrogen and oxygen atoms in total. The van der Waals surface area contributed by atoms with Crippen molar-refractivity contribution in [3.05, 3.63) is 46.0 Å². The van der Waals surface area contributed by atoms with Gasteiger partial charge in [-0.2, -0.15) is 0 Å². The van der Waals surface area contributed by atoms with Crippen molar-refractivity contribution >= 4 is 11.6 Å². The van der Waals surface area contributed by atoms with E-state index in [4.69, 9.17) is 0 Å². The van der Waals surface area contributed by atoms with Gasteiger partial charge in [-0.05, 0) is 61.8 Å². The quantitative estimate of drug-likeness (QED) is 0.429. The van der Waals surface area contributed by atoms with E-state index in [0.717, 1.165) is 35.1 Å². The van der Waals surface area contributed by atoms with Crippen molar-refractivity contribution in [2.24, 2.45) is 5.92 Å². The van der Waals surface area contributed by atoms with Gasteiger partial charge in [-0.25, -0.2) is 0 Å². The van der Waals surface area contributed by atoms with Crippen LogP contribution in [-0.2, 0) is 9.59 Å². The van der Waals surface area contributed by atoms with Gasteiger partial charge in [0.25, 0.3) is 0 Å². The van der Waals surface area contributed by atoms with Gasteiger partial charge in [0.05, 0.1) is 0 Å². The van der Waals surface area contributed by atoms with E-state index in [1.807, 2.05) is 13.8 Å². The predicted molar refractivity (Wildman–Crippen MR) is 97.3 cm³/mol. The largest absolute Gasteiger partial charge is 0.298 e. The molecule has 0 saturated heterocycles. The average Bonchev–Trinajstić information content (AvgIpc) is 2.70. The number of hydrogen-bond donors (Lipinski definition) is 0. The molecule has 0 radical (unpaired) electrons. The molecule has 1 aromatic carbocycles. The van der Waals surface area contributed by atoms with Crippen LogP contribution in [0.3, 0.4) is 0 Å². The van der Waals surface area contributed by atoms with Gasteiger partial charge in [-0.1, -0.05) is 49.5 Å². The van der Waals surface area contributed by atoms with E-state index in [9.17, 15) is 9.59 Å². The van der Waals surface area contributed by atoms with Crippen LogP contribution in [0.15, 0.2) is 23.8 Å². The first-order valence-electron chi connectivity index (χ1n) is 9.32. The monoisotopic (exact) mass is 324 g/mol. The Morgan fingerprint density at radius 3 is 2.08 bits per heavy atom. The highest BCUT2D eigenvalue weighted by atomic mass is 16.2. The summed E-state index contributed by atoms with van der Waals surface area (Å²) < 4.78 is 0. The fourth-order valence-corrected chi connectivity index (χ4v) is 4.55. The molecule has 0 amide bonds. The third kappa shape index (κ3) is 3.38. The summed E-state index contributed by atoms with van der Waals surface area (Å²) in [5.41, 5.74) is 5.03. The van der Waals surface area contributed by atoms with Gasteiger partial charge in [0.1, 0.15) is 5.92 Å². The van der Waals surface area contributed by atoms with Crippen LogP contribution in [-0.4, -0.2) is 11.6 Å². The van der Waals surface area contributed by atoms with Crippen LogP contribution in [0.25, 0.3) is 0 Å². The number of rotatable bonds is 2. The molecule has 2 saturated carbocycles. The smallest absolute Gasteiger partial charge is 0.173 e. The molecule has 3 rings (SSSR count). The molecule has 2 aliphatic rings. The van der Waals surface area contributed by atoms with Crippen LogP contribution in [0.5, 0.6) is 0 Å². The third-order valence-electron chi connectivity index (χ3n) is 5.63. The normalized spacial score (nSPS) is 24.6. The Kier molecular flexibility index (Phi) is 5.03. The van der Waals surface area contributed by atoms with Gasteiger partial charge >= 0.3 is 0 Å². The van der Waals surface area contributed by atoms with Crippen molar-refractivity contribution in [2.75, 3.05) is 0 Å². The standard InChI is InChI=1S/C22H28O2/c1-14-10-15(2)20(16(3)11-14)21-19(23)13-18(22(21)24)12-17-8-6-4-5-7-9-17/h10-12,17,21H,4-9,13H2,1-3H3. The van der Waals surface area contributed by atoms with Crippen molar-refractivity contribution in [3.63, 3.8) is 0 Å². The molecule has 0 heterocycles. The minimum atomic E-state index is -0.567. The van der Waals surface area contributed by atoms with Gasteiger partial charge in [0, 0.05) is 6.42 Å². The highest BCUT2D eigenvalue weighted by Crippen LogP contribution is 2.37. The summed E-state index contributed by atoms with van der Waals surface area (Å²) in [5, 5.41) is 0. The maximum absolute atomic E-state index is 13.0. The van der Waals surface area contributed by atoms with E-state index >= 15 is 0 Å². The highest BCUT2D eigenvalue weighted by molar-refractivity contribution is 6.23. The second kappa shape index (κ2) is 7.04. The first-order chi connectivity index (χ1) is 11.5. The van der Waals surface area contributed by atoms with Crippen LogP contribution < -0.4 is 0 Å². The van der Waals surface area contributed by atoms with Crippen molar-refractivity contribution in [3.8, 4) is 0 Å². The SMILES string of the molecule is Cc1cc(C)c(C2C(=O)CC(=CC3CCCCCC3)C2=O)c(C)c1. The lowest BCUT2D eigenvalue weighted by Crippen LogP contribution is -2.15. The Morgan fingerprint density at radius 2 is 1.50 bits per heavy atom. The zero-order valence-electron chi connectivity index (χ0n) is 15.2. The summed E-state index contributed by atoms with van der Waals surface area (Å²) >= 11 is 0. The molecule has 1 unspecified atom stereocenters.